The van der Waals surface area contributed by atoms with E-state index in [0.717, 1.165) is 6.42 Å². The Morgan fingerprint density at radius 3 is 2.00 bits per heavy atom. The maximum Gasteiger partial charge on any atom is -0.0173 e. The van der Waals surface area contributed by atoms with E-state index in [2.05, 4.69) is 53.7 Å². The predicted molar refractivity (Wildman–Crippen MR) is 57.3 cm³/mol. The van der Waals surface area contributed by atoms with Crippen LogP contribution in [0.15, 0.2) is 23.3 Å². The minimum absolute atomic E-state index is 0.309. The van der Waals surface area contributed by atoms with Gasteiger partial charge in [0.2, 0.25) is 0 Å². The van der Waals surface area contributed by atoms with E-state index in [0.29, 0.717) is 5.41 Å². The first-order valence-electron chi connectivity index (χ1n) is 4.75. The maximum atomic E-state index is 2.31. The van der Waals surface area contributed by atoms with E-state index >= 15 is 0 Å². The van der Waals surface area contributed by atoms with Crippen molar-refractivity contribution in [3.63, 3.8) is 0 Å². The van der Waals surface area contributed by atoms with E-state index in [1.807, 2.05) is 0 Å². The Hall–Kier alpha value is -0.520. The Balaban J connectivity index is 4.56. The summed E-state index contributed by atoms with van der Waals surface area (Å²) < 4.78 is 0. The SMILES string of the molecule is C/C=C(\C=C(/C)C(C)(C)C)CC. The zero-order valence-electron chi connectivity index (χ0n) is 9.36. The third-order valence-corrected chi connectivity index (χ3v) is 2.36. The number of hydrogen-bond acceptors (Lipinski definition) is 0. The molecule has 0 atom stereocenters. The van der Waals surface area contributed by atoms with Crippen molar-refractivity contribution in [1.82, 2.24) is 0 Å². The molecule has 0 N–H and O–H groups in total. The molecule has 0 aliphatic heterocycles. The Kier molecular flexibility index (Phi) is 4.30. The lowest BCUT2D eigenvalue weighted by Crippen LogP contribution is -2.06. The van der Waals surface area contributed by atoms with Gasteiger partial charge in [-0.3, -0.25) is 0 Å². The van der Waals surface area contributed by atoms with Gasteiger partial charge in [0, 0.05) is 0 Å². The van der Waals surface area contributed by atoms with Crippen LogP contribution < -0.4 is 0 Å². The molecule has 0 heteroatoms. The largest absolute Gasteiger partial charge is 0.0845 e. The normalized spacial score (nSPS) is 15.2. The van der Waals surface area contributed by atoms with Crippen LogP contribution in [0, 0.1) is 5.41 Å². The van der Waals surface area contributed by atoms with Gasteiger partial charge >= 0.3 is 0 Å². The minimum atomic E-state index is 0.309. The third-order valence-electron chi connectivity index (χ3n) is 2.36. The highest BCUT2D eigenvalue weighted by atomic mass is 14.2. The van der Waals surface area contributed by atoms with Crippen LogP contribution in [0.25, 0.3) is 0 Å². The summed E-state index contributed by atoms with van der Waals surface area (Å²) in [6, 6.07) is 0. The minimum Gasteiger partial charge on any atom is -0.0845 e. The molecule has 0 aliphatic rings. The van der Waals surface area contributed by atoms with Crippen molar-refractivity contribution in [2.24, 2.45) is 5.41 Å². The van der Waals surface area contributed by atoms with E-state index in [-0.39, 0.29) is 0 Å². The van der Waals surface area contributed by atoms with Crippen molar-refractivity contribution < 1.29 is 0 Å². The fraction of sp³-hybridized carbons (Fsp3) is 0.667. The number of rotatable bonds is 2. The summed E-state index contributed by atoms with van der Waals surface area (Å²) in [7, 11) is 0. The molecule has 0 heterocycles. The summed E-state index contributed by atoms with van der Waals surface area (Å²) in [4.78, 5) is 0. The van der Waals surface area contributed by atoms with Crippen LogP contribution in [-0.4, -0.2) is 0 Å². The molecule has 0 fully saturated rings. The van der Waals surface area contributed by atoms with E-state index < -0.39 is 0 Å². The molecule has 0 spiro atoms. The molecule has 0 saturated carbocycles. The van der Waals surface area contributed by atoms with Gasteiger partial charge in [-0.1, -0.05) is 51.0 Å². The third kappa shape index (κ3) is 3.75. The van der Waals surface area contributed by atoms with Gasteiger partial charge in [-0.05, 0) is 25.7 Å². The first-order valence-corrected chi connectivity index (χ1v) is 4.75. The molecule has 0 aromatic heterocycles. The molecule has 0 saturated heterocycles. The predicted octanol–water partition coefficient (Wildman–Crippen LogP) is 4.34. The van der Waals surface area contributed by atoms with Gasteiger partial charge in [-0.2, -0.15) is 0 Å². The molecule has 0 aliphatic carbocycles. The van der Waals surface area contributed by atoms with E-state index in [1.165, 1.54) is 11.1 Å². The topological polar surface area (TPSA) is 0 Å². The van der Waals surface area contributed by atoms with Crippen LogP contribution in [0.3, 0.4) is 0 Å². The molecule has 0 radical (unpaired) electrons. The zero-order chi connectivity index (χ0) is 9.78. The maximum absolute atomic E-state index is 2.31. The standard InChI is InChI=1S/C12H22/c1-7-11(8-2)9-10(3)12(4,5)6/h7,9H,8H2,1-6H3/b10-9+,11-7-. The number of hydrogen-bond donors (Lipinski definition) is 0. The lowest BCUT2D eigenvalue weighted by Gasteiger charge is -2.19. The van der Waals surface area contributed by atoms with Gasteiger partial charge in [0.15, 0.2) is 0 Å². The lowest BCUT2D eigenvalue weighted by atomic mass is 9.86. The van der Waals surface area contributed by atoms with Gasteiger partial charge in [0.25, 0.3) is 0 Å². The van der Waals surface area contributed by atoms with Crippen LogP contribution in [0.2, 0.25) is 0 Å². The van der Waals surface area contributed by atoms with Crippen LogP contribution >= 0.6 is 0 Å². The fourth-order valence-electron chi connectivity index (χ4n) is 0.884. The van der Waals surface area contributed by atoms with Crippen LogP contribution in [0.4, 0.5) is 0 Å². The quantitative estimate of drug-likeness (QED) is 0.535. The summed E-state index contributed by atoms with van der Waals surface area (Å²) in [6.45, 7) is 13.3. The second-order valence-electron chi connectivity index (χ2n) is 4.29. The summed E-state index contributed by atoms with van der Waals surface area (Å²) in [5, 5.41) is 0. The molecule has 0 bridgehead atoms. The Morgan fingerprint density at radius 2 is 1.75 bits per heavy atom. The lowest BCUT2D eigenvalue weighted by molar-refractivity contribution is 0.503. The van der Waals surface area contributed by atoms with Crippen molar-refractivity contribution in [2.75, 3.05) is 0 Å². The highest BCUT2D eigenvalue weighted by Gasteiger charge is 2.11. The van der Waals surface area contributed by atoms with Gasteiger partial charge in [0.05, 0.1) is 0 Å². The summed E-state index contributed by atoms with van der Waals surface area (Å²) in [5.41, 5.74) is 3.20. The molecule has 0 aromatic carbocycles. The fourth-order valence-corrected chi connectivity index (χ4v) is 0.884. The number of allylic oxidation sites excluding steroid dienone is 4. The van der Waals surface area contributed by atoms with Gasteiger partial charge in [-0.25, -0.2) is 0 Å². The van der Waals surface area contributed by atoms with Gasteiger partial charge < -0.3 is 0 Å². The van der Waals surface area contributed by atoms with E-state index in [9.17, 15) is 0 Å². The zero-order valence-corrected chi connectivity index (χ0v) is 9.36. The van der Waals surface area contributed by atoms with Crippen molar-refractivity contribution in [3.05, 3.63) is 23.3 Å². The average molecular weight is 166 g/mol. The smallest absolute Gasteiger partial charge is 0.0173 e. The van der Waals surface area contributed by atoms with Crippen LogP contribution in [-0.2, 0) is 0 Å². The van der Waals surface area contributed by atoms with Crippen LogP contribution in [0.1, 0.15) is 48.0 Å². The average Bonchev–Trinajstić information content (AvgIpc) is 1.97. The Labute approximate surface area is 77.4 Å². The molecular weight excluding hydrogens is 144 g/mol. The van der Waals surface area contributed by atoms with Gasteiger partial charge in [-0.15, -0.1) is 0 Å². The second kappa shape index (κ2) is 4.49. The van der Waals surface area contributed by atoms with Crippen molar-refractivity contribution in [1.29, 1.82) is 0 Å². The molecular formula is C12H22. The van der Waals surface area contributed by atoms with Crippen molar-refractivity contribution in [3.8, 4) is 0 Å². The molecule has 70 valence electrons. The second-order valence-corrected chi connectivity index (χ2v) is 4.29. The first-order chi connectivity index (χ1) is 5.41. The van der Waals surface area contributed by atoms with Gasteiger partial charge in [0.1, 0.15) is 0 Å². The van der Waals surface area contributed by atoms with Crippen molar-refractivity contribution in [2.45, 2.75) is 48.0 Å². The molecule has 12 heavy (non-hydrogen) atoms. The van der Waals surface area contributed by atoms with Crippen molar-refractivity contribution >= 4 is 0 Å². The summed E-state index contributed by atoms with van der Waals surface area (Å²) >= 11 is 0. The first kappa shape index (κ1) is 11.5. The summed E-state index contributed by atoms with van der Waals surface area (Å²) in [6.07, 6.45) is 5.62. The molecule has 0 rings (SSSR count). The highest BCUT2D eigenvalue weighted by molar-refractivity contribution is 5.24. The molecule has 0 nitrogen and oxygen atoms in total. The molecule has 0 unspecified atom stereocenters. The Morgan fingerprint density at radius 1 is 1.25 bits per heavy atom. The molecule has 0 amide bonds. The Bertz CT molecular complexity index is 187. The summed E-state index contributed by atoms with van der Waals surface area (Å²) in [5.74, 6) is 0. The molecule has 0 aromatic rings. The van der Waals surface area contributed by atoms with E-state index in [4.69, 9.17) is 0 Å². The highest BCUT2D eigenvalue weighted by Crippen LogP contribution is 2.25. The van der Waals surface area contributed by atoms with E-state index in [1.54, 1.807) is 0 Å². The monoisotopic (exact) mass is 166 g/mol. The van der Waals surface area contributed by atoms with Crippen LogP contribution in [0.5, 0.6) is 0 Å².